The van der Waals surface area contributed by atoms with Gasteiger partial charge in [0.15, 0.2) is 0 Å². The maximum absolute atomic E-state index is 13.0. The first-order valence-electron chi connectivity index (χ1n) is 8.89. The van der Waals surface area contributed by atoms with Crippen LogP contribution < -0.4 is 0 Å². The van der Waals surface area contributed by atoms with Gasteiger partial charge in [0.1, 0.15) is 12.1 Å². The Bertz CT molecular complexity index is 643. The standard InChI is InChI=1S/C21H27NO4/c1-4-10-18-13-9-15-21(14-5-2,19(23)25-3)22(18)20(24)26-16-17-11-7-6-8-12-17/h4-8,11-12,18H,1-2,9-10,13-16H2,3H3/t18-,21-/m1/s1. The summed E-state index contributed by atoms with van der Waals surface area (Å²) in [7, 11) is 1.35. The zero-order valence-corrected chi connectivity index (χ0v) is 15.4. The van der Waals surface area contributed by atoms with Gasteiger partial charge in [0.05, 0.1) is 7.11 Å². The molecule has 1 amide bonds. The van der Waals surface area contributed by atoms with Crippen molar-refractivity contribution in [3.05, 3.63) is 61.2 Å². The first kappa shape index (κ1) is 19.8. The maximum Gasteiger partial charge on any atom is 0.411 e. The predicted octanol–water partition coefficient (Wildman–Crippen LogP) is 4.24. The molecular weight excluding hydrogens is 330 g/mol. The van der Waals surface area contributed by atoms with Crippen molar-refractivity contribution in [2.45, 2.75) is 50.3 Å². The fourth-order valence-corrected chi connectivity index (χ4v) is 3.67. The van der Waals surface area contributed by atoms with Crippen LogP contribution in [0.1, 0.15) is 37.7 Å². The Kier molecular flexibility index (Phi) is 7.01. The predicted molar refractivity (Wildman–Crippen MR) is 100 cm³/mol. The summed E-state index contributed by atoms with van der Waals surface area (Å²) in [6.07, 6.45) is 5.98. The van der Waals surface area contributed by atoms with Crippen molar-refractivity contribution in [1.29, 1.82) is 0 Å². The fourth-order valence-electron chi connectivity index (χ4n) is 3.67. The first-order chi connectivity index (χ1) is 12.6. The van der Waals surface area contributed by atoms with E-state index < -0.39 is 17.6 Å². The van der Waals surface area contributed by atoms with Gasteiger partial charge < -0.3 is 9.47 Å². The quantitative estimate of drug-likeness (QED) is 0.541. The summed E-state index contributed by atoms with van der Waals surface area (Å²) >= 11 is 0. The average Bonchev–Trinajstić information content (AvgIpc) is 2.67. The van der Waals surface area contributed by atoms with Crippen molar-refractivity contribution in [1.82, 2.24) is 4.90 Å². The molecule has 1 saturated heterocycles. The van der Waals surface area contributed by atoms with Gasteiger partial charge in [0, 0.05) is 6.04 Å². The molecule has 1 fully saturated rings. The zero-order chi connectivity index (χ0) is 19.0. The molecule has 1 aliphatic rings. The van der Waals surface area contributed by atoms with E-state index in [1.807, 2.05) is 30.3 Å². The molecule has 0 spiro atoms. The Balaban J connectivity index is 2.30. The van der Waals surface area contributed by atoms with Gasteiger partial charge in [-0.1, -0.05) is 42.5 Å². The summed E-state index contributed by atoms with van der Waals surface area (Å²) in [6.45, 7) is 7.71. The van der Waals surface area contributed by atoms with Crippen molar-refractivity contribution in [3.8, 4) is 0 Å². The van der Waals surface area contributed by atoms with Crippen molar-refractivity contribution < 1.29 is 19.1 Å². The Labute approximate surface area is 155 Å². The highest BCUT2D eigenvalue weighted by Crippen LogP contribution is 2.38. The summed E-state index contributed by atoms with van der Waals surface area (Å²) in [5, 5.41) is 0. The van der Waals surface area contributed by atoms with Crippen LogP contribution in [0.25, 0.3) is 0 Å². The van der Waals surface area contributed by atoms with Crippen LogP contribution in [0.15, 0.2) is 55.6 Å². The number of piperidine rings is 1. The largest absolute Gasteiger partial charge is 0.467 e. The van der Waals surface area contributed by atoms with Gasteiger partial charge in [0.2, 0.25) is 0 Å². The Hall–Kier alpha value is -2.56. The van der Waals surface area contributed by atoms with Crippen LogP contribution >= 0.6 is 0 Å². The molecule has 0 saturated carbocycles. The number of esters is 1. The SMILES string of the molecule is C=CC[C@@H]1CCC[C@](CC=C)(C(=O)OC)N1C(=O)OCc1ccccc1. The molecule has 0 aromatic heterocycles. The number of methoxy groups -OCH3 is 1. The smallest absolute Gasteiger partial charge is 0.411 e. The molecule has 140 valence electrons. The van der Waals surface area contributed by atoms with Gasteiger partial charge in [-0.05, 0) is 37.7 Å². The third kappa shape index (κ3) is 4.15. The van der Waals surface area contributed by atoms with E-state index in [9.17, 15) is 9.59 Å². The molecule has 5 heteroatoms. The Morgan fingerprint density at radius 3 is 2.62 bits per heavy atom. The van der Waals surface area contributed by atoms with E-state index >= 15 is 0 Å². The number of ether oxygens (including phenoxy) is 2. The molecule has 5 nitrogen and oxygen atoms in total. The lowest BCUT2D eigenvalue weighted by atomic mass is 9.80. The highest BCUT2D eigenvalue weighted by atomic mass is 16.6. The second-order valence-corrected chi connectivity index (χ2v) is 6.50. The van der Waals surface area contributed by atoms with Gasteiger partial charge in [0.25, 0.3) is 0 Å². The lowest BCUT2D eigenvalue weighted by Gasteiger charge is -2.48. The monoisotopic (exact) mass is 357 g/mol. The molecule has 26 heavy (non-hydrogen) atoms. The third-order valence-corrected chi connectivity index (χ3v) is 4.84. The lowest BCUT2D eigenvalue weighted by Crippen LogP contribution is -2.63. The molecule has 0 unspecified atom stereocenters. The molecule has 1 aromatic rings. The number of amides is 1. The minimum Gasteiger partial charge on any atom is -0.467 e. The molecule has 0 aliphatic carbocycles. The summed E-state index contributed by atoms with van der Waals surface area (Å²) in [4.78, 5) is 27.2. The molecule has 1 aliphatic heterocycles. The number of hydrogen-bond acceptors (Lipinski definition) is 4. The third-order valence-electron chi connectivity index (χ3n) is 4.84. The molecule has 2 rings (SSSR count). The van der Waals surface area contributed by atoms with Gasteiger partial charge in [-0.25, -0.2) is 9.59 Å². The van der Waals surface area contributed by atoms with Crippen molar-refractivity contribution in [3.63, 3.8) is 0 Å². The number of rotatable bonds is 7. The normalized spacial score (nSPS) is 22.3. The second kappa shape index (κ2) is 9.22. The number of benzene rings is 1. The Morgan fingerprint density at radius 1 is 1.27 bits per heavy atom. The van der Waals surface area contributed by atoms with E-state index in [4.69, 9.17) is 9.47 Å². The lowest BCUT2D eigenvalue weighted by molar-refractivity contribution is -0.159. The first-order valence-corrected chi connectivity index (χ1v) is 8.89. The van der Waals surface area contributed by atoms with Gasteiger partial charge in [-0.3, -0.25) is 4.90 Å². The molecule has 2 atom stereocenters. The number of carbonyl (C=O) groups is 2. The number of nitrogens with zero attached hydrogens (tertiary/aromatic N) is 1. The molecular formula is C21H27NO4. The zero-order valence-electron chi connectivity index (χ0n) is 15.4. The highest BCUT2D eigenvalue weighted by molar-refractivity contribution is 5.86. The highest BCUT2D eigenvalue weighted by Gasteiger charge is 2.52. The molecule has 0 radical (unpaired) electrons. The van der Waals surface area contributed by atoms with Crippen LogP contribution in [-0.4, -0.2) is 35.7 Å². The average molecular weight is 357 g/mol. The number of likely N-dealkylation sites (tertiary alicyclic amines) is 1. The van der Waals surface area contributed by atoms with E-state index in [1.165, 1.54) is 7.11 Å². The molecule has 1 aromatic carbocycles. The maximum atomic E-state index is 13.0. The minimum absolute atomic E-state index is 0.149. The van der Waals surface area contributed by atoms with Crippen molar-refractivity contribution in [2.75, 3.05) is 7.11 Å². The summed E-state index contributed by atoms with van der Waals surface area (Å²) in [6, 6.07) is 9.32. The Morgan fingerprint density at radius 2 is 2.00 bits per heavy atom. The number of carbonyl (C=O) groups excluding carboxylic acids is 2. The van der Waals surface area contributed by atoms with Crippen LogP contribution in [0.2, 0.25) is 0 Å². The van der Waals surface area contributed by atoms with E-state index in [2.05, 4.69) is 13.2 Å². The molecule has 1 heterocycles. The van der Waals surface area contributed by atoms with Crippen LogP contribution in [-0.2, 0) is 20.9 Å². The van der Waals surface area contributed by atoms with E-state index in [1.54, 1.807) is 17.1 Å². The van der Waals surface area contributed by atoms with E-state index in [-0.39, 0.29) is 12.6 Å². The number of hydrogen-bond donors (Lipinski definition) is 0. The molecule has 0 bridgehead atoms. The second-order valence-electron chi connectivity index (χ2n) is 6.50. The van der Waals surface area contributed by atoms with Crippen molar-refractivity contribution in [2.24, 2.45) is 0 Å². The van der Waals surface area contributed by atoms with Crippen LogP contribution in [0.3, 0.4) is 0 Å². The summed E-state index contributed by atoms with van der Waals surface area (Å²) < 4.78 is 10.6. The van der Waals surface area contributed by atoms with Gasteiger partial charge in [-0.15, -0.1) is 13.2 Å². The summed E-state index contributed by atoms with van der Waals surface area (Å²) in [5.41, 5.74) is -0.179. The van der Waals surface area contributed by atoms with E-state index in [0.29, 0.717) is 19.3 Å². The van der Waals surface area contributed by atoms with Crippen LogP contribution in [0, 0.1) is 0 Å². The van der Waals surface area contributed by atoms with Crippen LogP contribution in [0.5, 0.6) is 0 Å². The minimum atomic E-state index is -1.07. The van der Waals surface area contributed by atoms with Crippen LogP contribution in [0.4, 0.5) is 4.79 Å². The van der Waals surface area contributed by atoms with E-state index in [0.717, 1.165) is 18.4 Å². The summed E-state index contributed by atoms with van der Waals surface area (Å²) in [5.74, 6) is -0.428. The van der Waals surface area contributed by atoms with Gasteiger partial charge >= 0.3 is 12.1 Å². The molecule has 0 N–H and O–H groups in total. The van der Waals surface area contributed by atoms with Gasteiger partial charge in [-0.2, -0.15) is 0 Å². The topological polar surface area (TPSA) is 55.8 Å². The van der Waals surface area contributed by atoms with Crippen molar-refractivity contribution >= 4 is 12.1 Å². The fraction of sp³-hybridized carbons (Fsp3) is 0.429.